The van der Waals surface area contributed by atoms with Crippen molar-refractivity contribution in [2.45, 2.75) is 31.7 Å². The fourth-order valence-corrected chi connectivity index (χ4v) is 3.44. The standard InChI is InChI=1S/C16H20BrN3/c17-15-3-1-2-14-13(15)8-9-19-16(14)20-10-11-4-6-12(18)7-5-11/h1-3,8-9,11-12H,4-7,10,18H2,(H,19,20). The average Bonchev–Trinajstić information content (AvgIpc) is 2.47. The lowest BCUT2D eigenvalue weighted by Crippen LogP contribution is -2.29. The first-order valence-electron chi connectivity index (χ1n) is 7.26. The Labute approximate surface area is 128 Å². The van der Waals surface area contributed by atoms with Crippen LogP contribution in [0.2, 0.25) is 0 Å². The molecular formula is C16H20BrN3. The van der Waals surface area contributed by atoms with Gasteiger partial charge in [0.2, 0.25) is 0 Å². The minimum atomic E-state index is 0.415. The zero-order valence-corrected chi connectivity index (χ0v) is 13.1. The largest absolute Gasteiger partial charge is 0.369 e. The molecule has 3 N–H and O–H groups in total. The van der Waals surface area contributed by atoms with E-state index in [-0.39, 0.29) is 0 Å². The van der Waals surface area contributed by atoms with Crippen LogP contribution in [0, 0.1) is 5.92 Å². The maximum atomic E-state index is 5.96. The highest BCUT2D eigenvalue weighted by molar-refractivity contribution is 9.10. The summed E-state index contributed by atoms with van der Waals surface area (Å²) in [7, 11) is 0. The Hall–Kier alpha value is -1.13. The molecule has 1 aromatic heterocycles. The Morgan fingerprint density at radius 2 is 1.95 bits per heavy atom. The SMILES string of the molecule is NC1CCC(CNc2nccc3c(Br)cccc23)CC1. The number of anilines is 1. The van der Waals surface area contributed by atoms with E-state index in [2.05, 4.69) is 44.4 Å². The topological polar surface area (TPSA) is 50.9 Å². The van der Waals surface area contributed by atoms with Gasteiger partial charge in [0.25, 0.3) is 0 Å². The smallest absolute Gasteiger partial charge is 0.133 e. The Morgan fingerprint density at radius 1 is 1.15 bits per heavy atom. The molecule has 4 heteroatoms. The second kappa shape index (κ2) is 6.10. The summed E-state index contributed by atoms with van der Waals surface area (Å²) in [6.07, 6.45) is 6.62. The van der Waals surface area contributed by atoms with E-state index in [1.54, 1.807) is 0 Å². The van der Waals surface area contributed by atoms with E-state index in [0.29, 0.717) is 6.04 Å². The third-order valence-electron chi connectivity index (χ3n) is 4.20. The van der Waals surface area contributed by atoms with Crippen LogP contribution in [0.5, 0.6) is 0 Å². The summed E-state index contributed by atoms with van der Waals surface area (Å²) in [5, 5.41) is 5.91. The predicted octanol–water partition coefficient (Wildman–Crippen LogP) is 3.93. The number of benzene rings is 1. The molecule has 1 aliphatic rings. The van der Waals surface area contributed by atoms with Crippen molar-refractivity contribution < 1.29 is 0 Å². The summed E-state index contributed by atoms with van der Waals surface area (Å²) in [5.41, 5.74) is 5.96. The van der Waals surface area contributed by atoms with Crippen LogP contribution in [0.3, 0.4) is 0 Å². The molecule has 0 radical (unpaired) electrons. The summed E-state index contributed by atoms with van der Waals surface area (Å²) < 4.78 is 1.11. The van der Waals surface area contributed by atoms with Crippen LogP contribution in [0.1, 0.15) is 25.7 Å². The number of hydrogen-bond donors (Lipinski definition) is 2. The first-order chi connectivity index (χ1) is 9.74. The summed E-state index contributed by atoms with van der Waals surface area (Å²) in [6, 6.07) is 8.70. The number of rotatable bonds is 3. The molecule has 3 nitrogen and oxygen atoms in total. The molecule has 2 aromatic rings. The van der Waals surface area contributed by atoms with Gasteiger partial charge < -0.3 is 11.1 Å². The van der Waals surface area contributed by atoms with Gasteiger partial charge in [-0.15, -0.1) is 0 Å². The second-order valence-corrected chi connectivity index (χ2v) is 6.51. The molecule has 0 amide bonds. The van der Waals surface area contributed by atoms with Gasteiger partial charge in [-0.1, -0.05) is 28.1 Å². The number of nitrogens with one attached hydrogen (secondary N) is 1. The van der Waals surface area contributed by atoms with Crippen LogP contribution < -0.4 is 11.1 Å². The van der Waals surface area contributed by atoms with E-state index in [1.807, 2.05) is 12.3 Å². The van der Waals surface area contributed by atoms with E-state index in [9.17, 15) is 0 Å². The van der Waals surface area contributed by atoms with E-state index < -0.39 is 0 Å². The molecule has 1 aromatic carbocycles. The zero-order chi connectivity index (χ0) is 13.9. The zero-order valence-electron chi connectivity index (χ0n) is 11.5. The molecule has 3 rings (SSSR count). The van der Waals surface area contributed by atoms with Crippen molar-refractivity contribution in [2.24, 2.45) is 11.7 Å². The quantitative estimate of drug-likeness (QED) is 0.894. The molecule has 20 heavy (non-hydrogen) atoms. The Kier molecular flexibility index (Phi) is 4.22. The summed E-state index contributed by atoms with van der Waals surface area (Å²) in [4.78, 5) is 4.49. The maximum absolute atomic E-state index is 5.96. The minimum absolute atomic E-state index is 0.415. The van der Waals surface area contributed by atoms with Crippen LogP contribution in [-0.4, -0.2) is 17.6 Å². The first kappa shape index (κ1) is 13.8. The molecule has 1 fully saturated rings. The van der Waals surface area contributed by atoms with Gasteiger partial charge in [-0.2, -0.15) is 0 Å². The molecule has 1 heterocycles. The molecule has 0 atom stereocenters. The van der Waals surface area contributed by atoms with Crippen molar-refractivity contribution in [1.29, 1.82) is 0 Å². The Morgan fingerprint density at radius 3 is 2.75 bits per heavy atom. The second-order valence-electron chi connectivity index (χ2n) is 5.66. The molecule has 0 spiro atoms. The van der Waals surface area contributed by atoms with Gasteiger partial charge in [0.1, 0.15) is 5.82 Å². The van der Waals surface area contributed by atoms with E-state index in [4.69, 9.17) is 5.73 Å². The fraction of sp³-hybridized carbons (Fsp3) is 0.438. The number of halogens is 1. The van der Waals surface area contributed by atoms with Crippen LogP contribution in [0.25, 0.3) is 10.8 Å². The molecule has 0 saturated heterocycles. The molecule has 1 aliphatic carbocycles. The molecule has 0 aliphatic heterocycles. The molecule has 106 valence electrons. The first-order valence-corrected chi connectivity index (χ1v) is 8.06. The third kappa shape index (κ3) is 2.96. The number of pyridine rings is 1. The molecule has 1 saturated carbocycles. The van der Waals surface area contributed by atoms with Gasteiger partial charge in [0.05, 0.1) is 0 Å². The van der Waals surface area contributed by atoms with Crippen molar-refractivity contribution in [3.05, 3.63) is 34.9 Å². The number of nitrogens with two attached hydrogens (primary N) is 1. The summed E-state index contributed by atoms with van der Waals surface area (Å²) in [5.74, 6) is 1.71. The highest BCUT2D eigenvalue weighted by Gasteiger charge is 2.18. The van der Waals surface area contributed by atoms with Gasteiger partial charge in [0, 0.05) is 34.0 Å². The van der Waals surface area contributed by atoms with Gasteiger partial charge in [0.15, 0.2) is 0 Å². The van der Waals surface area contributed by atoms with Crippen LogP contribution >= 0.6 is 15.9 Å². The van der Waals surface area contributed by atoms with Gasteiger partial charge in [-0.05, 0) is 43.7 Å². The van der Waals surface area contributed by atoms with E-state index >= 15 is 0 Å². The average molecular weight is 334 g/mol. The van der Waals surface area contributed by atoms with Gasteiger partial charge in [-0.25, -0.2) is 4.98 Å². The lowest BCUT2D eigenvalue weighted by atomic mass is 9.86. The highest BCUT2D eigenvalue weighted by Crippen LogP contribution is 2.29. The number of fused-ring (bicyclic) bond motifs is 1. The Balaban J connectivity index is 1.73. The van der Waals surface area contributed by atoms with Crippen LogP contribution in [0.15, 0.2) is 34.9 Å². The molecule has 0 bridgehead atoms. The normalized spacial score (nSPS) is 22.9. The van der Waals surface area contributed by atoms with Crippen molar-refractivity contribution in [3.8, 4) is 0 Å². The molecular weight excluding hydrogens is 314 g/mol. The lowest BCUT2D eigenvalue weighted by Gasteiger charge is -2.26. The number of hydrogen-bond acceptors (Lipinski definition) is 3. The number of aromatic nitrogens is 1. The van der Waals surface area contributed by atoms with Crippen molar-refractivity contribution in [3.63, 3.8) is 0 Å². The van der Waals surface area contributed by atoms with E-state index in [1.165, 1.54) is 23.6 Å². The van der Waals surface area contributed by atoms with Crippen molar-refractivity contribution in [1.82, 2.24) is 4.98 Å². The maximum Gasteiger partial charge on any atom is 0.133 e. The van der Waals surface area contributed by atoms with Crippen molar-refractivity contribution >= 4 is 32.5 Å². The minimum Gasteiger partial charge on any atom is -0.369 e. The monoisotopic (exact) mass is 333 g/mol. The van der Waals surface area contributed by atoms with Gasteiger partial charge >= 0.3 is 0 Å². The predicted molar refractivity (Wildman–Crippen MR) is 87.9 cm³/mol. The summed E-state index contributed by atoms with van der Waals surface area (Å²) in [6.45, 7) is 0.991. The Bertz CT molecular complexity index is 591. The van der Waals surface area contributed by atoms with Crippen LogP contribution in [-0.2, 0) is 0 Å². The summed E-state index contributed by atoms with van der Waals surface area (Å²) >= 11 is 3.60. The van der Waals surface area contributed by atoms with Gasteiger partial charge in [-0.3, -0.25) is 0 Å². The molecule has 0 unspecified atom stereocenters. The van der Waals surface area contributed by atoms with Crippen LogP contribution in [0.4, 0.5) is 5.82 Å². The number of nitrogens with zero attached hydrogens (tertiary/aromatic N) is 1. The van der Waals surface area contributed by atoms with Crippen molar-refractivity contribution in [2.75, 3.05) is 11.9 Å². The fourth-order valence-electron chi connectivity index (χ4n) is 2.94. The third-order valence-corrected chi connectivity index (χ3v) is 4.89. The van der Waals surface area contributed by atoms with E-state index in [0.717, 1.165) is 35.6 Å². The highest BCUT2D eigenvalue weighted by atomic mass is 79.9. The lowest BCUT2D eigenvalue weighted by molar-refractivity contribution is 0.338.